The molecule has 2 nitrogen and oxygen atoms in total. The Morgan fingerprint density at radius 2 is 1.50 bits per heavy atom. The Balaban J connectivity index is 2.41. The van der Waals surface area contributed by atoms with Crippen LogP contribution in [-0.4, -0.2) is 30.3 Å². The van der Waals surface area contributed by atoms with Crippen molar-refractivity contribution in [3.63, 3.8) is 0 Å². The Kier molecular flexibility index (Phi) is 3.24. The molecule has 0 amide bonds. The van der Waals surface area contributed by atoms with Gasteiger partial charge in [0.1, 0.15) is 12.2 Å². The number of hydrogen-bond acceptors (Lipinski definition) is 2. The Hall–Kier alpha value is 0.500. The molecule has 60 valence electrons. The van der Waals surface area contributed by atoms with Gasteiger partial charge in [-0.05, 0) is 6.92 Å². The van der Waals surface area contributed by atoms with Crippen LogP contribution in [0.4, 0.5) is 0 Å². The van der Waals surface area contributed by atoms with E-state index >= 15 is 0 Å². The van der Waals surface area contributed by atoms with Crippen molar-refractivity contribution in [2.45, 2.75) is 25.4 Å². The summed E-state index contributed by atoms with van der Waals surface area (Å²) in [5, 5.41) is 0. The van der Waals surface area contributed by atoms with Crippen LogP contribution < -0.4 is 0 Å². The first-order valence-corrected chi connectivity index (χ1v) is 4.27. The molecule has 0 aromatic carbocycles. The lowest BCUT2D eigenvalue weighted by Gasteiger charge is -2.09. The molecule has 10 heavy (non-hydrogen) atoms. The number of hydrogen-bond donors (Lipinski definition) is 0. The molecule has 1 heterocycles. The maximum Gasteiger partial charge on any atom is 0.155 e. The molecule has 0 spiro atoms. The van der Waals surface area contributed by atoms with Crippen LogP contribution in [0, 0.1) is 0 Å². The molecule has 2 atom stereocenters. The second-order valence-electron chi connectivity index (χ2n) is 2.23. The minimum atomic E-state index is -0.160. The molecule has 0 aliphatic carbocycles. The summed E-state index contributed by atoms with van der Waals surface area (Å²) < 4.78 is 10.6. The number of halogens is 2. The topological polar surface area (TPSA) is 18.5 Å². The van der Waals surface area contributed by atoms with E-state index in [0.717, 1.165) is 0 Å². The second-order valence-corrected chi connectivity index (χ2v) is 2.84. The fourth-order valence-corrected chi connectivity index (χ4v) is 1.51. The molecule has 0 N–H and O–H groups in total. The maximum absolute atomic E-state index is 5.58. The van der Waals surface area contributed by atoms with Crippen molar-refractivity contribution in [3.8, 4) is 0 Å². The van der Waals surface area contributed by atoms with E-state index in [2.05, 4.69) is 0 Å². The van der Waals surface area contributed by atoms with Crippen LogP contribution in [0.2, 0.25) is 0 Å². The molecular formula is C6H10Cl2O2. The zero-order valence-corrected chi connectivity index (χ0v) is 7.23. The Morgan fingerprint density at radius 3 is 1.80 bits per heavy atom. The summed E-state index contributed by atoms with van der Waals surface area (Å²) in [7, 11) is 0. The molecule has 1 rings (SSSR count). The van der Waals surface area contributed by atoms with E-state index in [9.17, 15) is 0 Å². The largest absolute Gasteiger partial charge is 0.346 e. The lowest BCUT2D eigenvalue weighted by Crippen LogP contribution is -2.25. The van der Waals surface area contributed by atoms with Crippen molar-refractivity contribution >= 4 is 23.2 Å². The third kappa shape index (κ3) is 1.76. The van der Waals surface area contributed by atoms with Crippen LogP contribution in [0.5, 0.6) is 0 Å². The van der Waals surface area contributed by atoms with Gasteiger partial charge in [0.05, 0.1) is 11.8 Å². The van der Waals surface area contributed by atoms with E-state index in [-0.39, 0.29) is 18.5 Å². The molecule has 1 fully saturated rings. The normalized spacial score (nSPS) is 40.5. The van der Waals surface area contributed by atoms with Crippen molar-refractivity contribution in [2.75, 3.05) is 11.8 Å². The van der Waals surface area contributed by atoms with Gasteiger partial charge in [-0.2, -0.15) is 0 Å². The van der Waals surface area contributed by atoms with Gasteiger partial charge in [0, 0.05) is 0 Å². The summed E-state index contributed by atoms with van der Waals surface area (Å²) in [4.78, 5) is 0. The van der Waals surface area contributed by atoms with E-state index in [4.69, 9.17) is 32.7 Å². The Labute approximate surface area is 70.4 Å². The first-order chi connectivity index (χ1) is 4.77. The molecule has 4 heteroatoms. The molecule has 0 aromatic heterocycles. The molecule has 1 saturated heterocycles. The van der Waals surface area contributed by atoms with Gasteiger partial charge in [0.25, 0.3) is 0 Å². The van der Waals surface area contributed by atoms with Gasteiger partial charge in [0.15, 0.2) is 6.29 Å². The van der Waals surface area contributed by atoms with Crippen LogP contribution >= 0.6 is 23.2 Å². The Bertz CT molecular complexity index is 97.9. The monoisotopic (exact) mass is 184 g/mol. The fraction of sp³-hybridized carbons (Fsp3) is 1.00. The lowest BCUT2D eigenvalue weighted by atomic mass is 10.3. The summed E-state index contributed by atoms with van der Waals surface area (Å²) in [5.74, 6) is 0.892. The van der Waals surface area contributed by atoms with Gasteiger partial charge in [0.2, 0.25) is 0 Å². The highest BCUT2D eigenvalue weighted by atomic mass is 35.5. The summed E-state index contributed by atoms with van der Waals surface area (Å²) in [6.45, 7) is 1.84. The number of ether oxygens (including phenoxy) is 2. The smallest absolute Gasteiger partial charge is 0.155 e. The SMILES string of the molecule is CC1OC(CCl)C(CCl)O1. The molecule has 2 unspecified atom stereocenters. The molecule has 1 aliphatic rings. The van der Waals surface area contributed by atoms with Crippen LogP contribution in [-0.2, 0) is 9.47 Å². The van der Waals surface area contributed by atoms with Crippen molar-refractivity contribution in [1.29, 1.82) is 0 Å². The van der Waals surface area contributed by atoms with E-state index in [1.807, 2.05) is 6.92 Å². The zero-order chi connectivity index (χ0) is 7.56. The molecular weight excluding hydrogens is 175 g/mol. The van der Waals surface area contributed by atoms with Crippen LogP contribution in [0.1, 0.15) is 6.92 Å². The van der Waals surface area contributed by atoms with Crippen molar-refractivity contribution in [3.05, 3.63) is 0 Å². The van der Waals surface area contributed by atoms with Crippen molar-refractivity contribution in [1.82, 2.24) is 0 Å². The third-order valence-electron chi connectivity index (χ3n) is 1.45. The summed E-state index contributed by atoms with van der Waals surface area (Å²) in [6.07, 6.45) is -0.226. The number of alkyl halides is 2. The molecule has 0 aromatic rings. The minimum Gasteiger partial charge on any atom is -0.346 e. The fourth-order valence-electron chi connectivity index (χ4n) is 0.971. The quantitative estimate of drug-likeness (QED) is 0.608. The van der Waals surface area contributed by atoms with Gasteiger partial charge in [-0.25, -0.2) is 0 Å². The van der Waals surface area contributed by atoms with Crippen LogP contribution in [0.15, 0.2) is 0 Å². The summed E-state index contributed by atoms with van der Waals surface area (Å²) in [5.41, 5.74) is 0. The maximum atomic E-state index is 5.58. The standard InChI is InChI=1S/C6H10Cl2O2/c1-4-9-5(2-7)6(3-8)10-4/h4-6H,2-3H2,1H3. The predicted molar refractivity (Wildman–Crippen MR) is 40.6 cm³/mol. The van der Waals surface area contributed by atoms with E-state index in [0.29, 0.717) is 11.8 Å². The lowest BCUT2D eigenvalue weighted by molar-refractivity contribution is -0.0463. The van der Waals surface area contributed by atoms with Gasteiger partial charge in [-0.15, -0.1) is 23.2 Å². The average Bonchev–Trinajstić information content (AvgIpc) is 2.30. The van der Waals surface area contributed by atoms with Crippen LogP contribution in [0.3, 0.4) is 0 Å². The van der Waals surface area contributed by atoms with Gasteiger partial charge in [-0.1, -0.05) is 0 Å². The first-order valence-electron chi connectivity index (χ1n) is 3.20. The van der Waals surface area contributed by atoms with E-state index in [1.165, 1.54) is 0 Å². The Morgan fingerprint density at radius 1 is 1.10 bits per heavy atom. The number of rotatable bonds is 2. The first kappa shape index (κ1) is 8.60. The molecule has 0 radical (unpaired) electrons. The highest BCUT2D eigenvalue weighted by Crippen LogP contribution is 2.20. The second kappa shape index (κ2) is 3.77. The zero-order valence-electron chi connectivity index (χ0n) is 5.72. The van der Waals surface area contributed by atoms with Crippen molar-refractivity contribution in [2.24, 2.45) is 0 Å². The highest BCUT2D eigenvalue weighted by molar-refractivity contribution is 6.19. The minimum absolute atomic E-state index is 0.0332. The van der Waals surface area contributed by atoms with Gasteiger partial charge >= 0.3 is 0 Å². The molecule has 1 aliphatic heterocycles. The molecule has 0 bridgehead atoms. The van der Waals surface area contributed by atoms with Crippen LogP contribution in [0.25, 0.3) is 0 Å². The molecule has 0 saturated carbocycles. The average molecular weight is 185 g/mol. The van der Waals surface area contributed by atoms with E-state index < -0.39 is 0 Å². The predicted octanol–water partition coefficient (Wildman–Crippen LogP) is 1.59. The van der Waals surface area contributed by atoms with Crippen molar-refractivity contribution < 1.29 is 9.47 Å². The highest BCUT2D eigenvalue weighted by Gasteiger charge is 2.32. The third-order valence-corrected chi connectivity index (χ3v) is 2.06. The summed E-state index contributed by atoms with van der Waals surface area (Å²) in [6, 6.07) is 0. The van der Waals surface area contributed by atoms with E-state index in [1.54, 1.807) is 0 Å². The van der Waals surface area contributed by atoms with Gasteiger partial charge in [-0.3, -0.25) is 0 Å². The van der Waals surface area contributed by atoms with Gasteiger partial charge < -0.3 is 9.47 Å². The summed E-state index contributed by atoms with van der Waals surface area (Å²) >= 11 is 11.2.